The molecule has 2 aliphatic heterocycles. The van der Waals surface area contributed by atoms with Gasteiger partial charge in [-0.15, -0.1) is 0 Å². The second kappa shape index (κ2) is 6.60. The molecule has 0 bridgehead atoms. The van der Waals surface area contributed by atoms with Crippen LogP contribution in [-0.2, 0) is 26.6 Å². The second-order valence-corrected chi connectivity index (χ2v) is 7.78. The maximum absolute atomic E-state index is 12.8. The number of nitrogens with zero attached hydrogens (tertiary/aromatic N) is 5. The number of aryl methyl sites for hydroxylation is 1. The minimum Gasteiger partial charge on any atom is -0.298 e. The van der Waals surface area contributed by atoms with Crippen LogP contribution in [0.2, 0.25) is 0 Å². The smallest absolute Gasteiger partial charge is 0.261 e. The number of hydrogen-bond acceptors (Lipinski definition) is 4. The van der Waals surface area contributed by atoms with Gasteiger partial charge in [0, 0.05) is 31.4 Å². The zero-order valence-electron chi connectivity index (χ0n) is 15.8. The first-order valence-electron chi connectivity index (χ1n) is 9.95. The highest BCUT2D eigenvalue weighted by molar-refractivity contribution is 5.77. The molecule has 6 nitrogen and oxygen atoms in total. The van der Waals surface area contributed by atoms with Crippen molar-refractivity contribution >= 4 is 10.9 Å². The van der Waals surface area contributed by atoms with Crippen molar-refractivity contribution in [3.8, 4) is 0 Å². The van der Waals surface area contributed by atoms with Crippen molar-refractivity contribution in [3.05, 3.63) is 57.9 Å². The van der Waals surface area contributed by atoms with Gasteiger partial charge >= 0.3 is 0 Å². The zero-order chi connectivity index (χ0) is 18.4. The molecule has 2 aliphatic rings. The zero-order valence-corrected chi connectivity index (χ0v) is 15.8. The Hall–Kier alpha value is -2.47. The van der Waals surface area contributed by atoms with E-state index in [1.54, 1.807) is 4.57 Å². The maximum Gasteiger partial charge on any atom is 0.261 e. The summed E-state index contributed by atoms with van der Waals surface area (Å²) in [7, 11) is 1.86. The summed E-state index contributed by atoms with van der Waals surface area (Å²) in [5.41, 5.74) is 3.58. The Labute approximate surface area is 158 Å². The van der Waals surface area contributed by atoms with Crippen LogP contribution < -0.4 is 5.56 Å². The van der Waals surface area contributed by atoms with Gasteiger partial charge in [0.25, 0.3) is 5.56 Å². The number of likely N-dealkylation sites (tertiary alicyclic amines) is 1. The van der Waals surface area contributed by atoms with Gasteiger partial charge in [-0.2, -0.15) is 5.10 Å². The van der Waals surface area contributed by atoms with Crippen molar-refractivity contribution < 1.29 is 0 Å². The summed E-state index contributed by atoms with van der Waals surface area (Å²) in [4.78, 5) is 20.2. The van der Waals surface area contributed by atoms with Gasteiger partial charge in [-0.3, -0.25) is 18.9 Å². The number of fused-ring (bicyclic) bond motifs is 2. The third-order valence-corrected chi connectivity index (χ3v) is 6.12. The number of benzene rings is 1. The Morgan fingerprint density at radius 3 is 2.96 bits per heavy atom. The van der Waals surface area contributed by atoms with Crippen LogP contribution in [0.4, 0.5) is 0 Å². The lowest BCUT2D eigenvalue weighted by Crippen LogP contribution is -2.30. The molecular weight excluding hydrogens is 338 g/mol. The van der Waals surface area contributed by atoms with Crippen molar-refractivity contribution in [2.75, 3.05) is 6.54 Å². The van der Waals surface area contributed by atoms with E-state index in [1.807, 2.05) is 37.5 Å². The van der Waals surface area contributed by atoms with E-state index in [0.29, 0.717) is 5.39 Å². The molecule has 1 fully saturated rings. The van der Waals surface area contributed by atoms with Crippen molar-refractivity contribution in [1.82, 2.24) is 24.2 Å². The lowest BCUT2D eigenvalue weighted by molar-refractivity contribution is 0.234. The first-order valence-corrected chi connectivity index (χ1v) is 9.95. The van der Waals surface area contributed by atoms with E-state index in [9.17, 15) is 4.79 Å². The topological polar surface area (TPSA) is 56.0 Å². The molecule has 0 saturated carbocycles. The third kappa shape index (κ3) is 2.79. The minimum atomic E-state index is 0.0466. The summed E-state index contributed by atoms with van der Waals surface area (Å²) in [5, 5.41) is 5.28. The van der Waals surface area contributed by atoms with Crippen molar-refractivity contribution in [3.63, 3.8) is 0 Å². The Bertz CT molecular complexity index is 1050. The molecule has 0 amide bonds. The van der Waals surface area contributed by atoms with Crippen LogP contribution in [-0.4, -0.2) is 30.8 Å². The standard InChI is InChI=1S/C21H25N5O/c1-24-20(23-17-8-3-2-7-16(17)21(24)27)19-10-6-11-25(19)14-15-13-22-26-12-5-4-9-18(15)26/h2-3,7-8,13,19H,4-6,9-12,14H2,1H3. The van der Waals surface area contributed by atoms with E-state index >= 15 is 0 Å². The average Bonchev–Trinajstić information content (AvgIpc) is 3.32. The highest BCUT2D eigenvalue weighted by Gasteiger charge is 2.31. The minimum absolute atomic E-state index is 0.0466. The Balaban J connectivity index is 1.50. The molecule has 3 aromatic rings. The Kier molecular flexibility index (Phi) is 4.08. The monoisotopic (exact) mass is 363 g/mol. The SMILES string of the molecule is Cn1c(C2CCCN2Cc2cnn3c2CCCC3)nc2ccccc2c1=O. The van der Waals surface area contributed by atoms with Crippen LogP contribution in [0.1, 0.15) is 48.8 Å². The highest BCUT2D eigenvalue weighted by atomic mass is 16.1. The van der Waals surface area contributed by atoms with Crippen LogP contribution in [0.3, 0.4) is 0 Å². The molecule has 1 unspecified atom stereocenters. The van der Waals surface area contributed by atoms with Crippen LogP contribution in [0.5, 0.6) is 0 Å². The largest absolute Gasteiger partial charge is 0.298 e. The molecule has 1 aromatic carbocycles. The predicted molar refractivity (Wildman–Crippen MR) is 105 cm³/mol. The number of para-hydroxylation sites is 1. The quantitative estimate of drug-likeness (QED) is 0.718. The summed E-state index contributed by atoms with van der Waals surface area (Å²) in [6.07, 6.45) is 7.83. The van der Waals surface area contributed by atoms with E-state index < -0.39 is 0 Å². The Morgan fingerprint density at radius 1 is 1.15 bits per heavy atom. The fourth-order valence-corrected chi connectivity index (χ4v) is 4.68. The molecule has 6 heteroatoms. The highest BCUT2D eigenvalue weighted by Crippen LogP contribution is 2.33. The molecule has 27 heavy (non-hydrogen) atoms. The molecule has 2 aromatic heterocycles. The molecular formula is C21H25N5O. The van der Waals surface area contributed by atoms with Gasteiger partial charge in [-0.25, -0.2) is 4.98 Å². The Morgan fingerprint density at radius 2 is 2.04 bits per heavy atom. The summed E-state index contributed by atoms with van der Waals surface area (Å²) < 4.78 is 3.92. The van der Waals surface area contributed by atoms with Gasteiger partial charge in [0.1, 0.15) is 5.82 Å². The number of hydrogen-bond donors (Lipinski definition) is 0. The van der Waals surface area contributed by atoms with E-state index in [2.05, 4.69) is 14.7 Å². The van der Waals surface area contributed by atoms with Crippen LogP contribution in [0.25, 0.3) is 10.9 Å². The predicted octanol–water partition coefficient (Wildman–Crippen LogP) is 2.80. The number of rotatable bonds is 3. The molecule has 1 atom stereocenters. The average molecular weight is 363 g/mol. The molecule has 0 N–H and O–H groups in total. The summed E-state index contributed by atoms with van der Waals surface area (Å²) >= 11 is 0. The fourth-order valence-electron chi connectivity index (χ4n) is 4.68. The van der Waals surface area contributed by atoms with Gasteiger partial charge in [0.15, 0.2) is 0 Å². The van der Waals surface area contributed by atoms with Gasteiger partial charge in [-0.1, -0.05) is 12.1 Å². The van der Waals surface area contributed by atoms with Gasteiger partial charge in [-0.05, 0) is 50.8 Å². The fraction of sp³-hybridized carbons (Fsp3) is 0.476. The third-order valence-electron chi connectivity index (χ3n) is 6.12. The van der Waals surface area contributed by atoms with Crippen LogP contribution >= 0.6 is 0 Å². The van der Waals surface area contributed by atoms with Gasteiger partial charge in [0.05, 0.1) is 23.1 Å². The van der Waals surface area contributed by atoms with Crippen molar-refractivity contribution in [1.29, 1.82) is 0 Å². The van der Waals surface area contributed by atoms with E-state index in [0.717, 1.165) is 50.2 Å². The summed E-state index contributed by atoms with van der Waals surface area (Å²) in [6, 6.07) is 7.83. The van der Waals surface area contributed by atoms with E-state index in [-0.39, 0.29) is 11.6 Å². The van der Waals surface area contributed by atoms with Crippen LogP contribution in [0, 0.1) is 0 Å². The van der Waals surface area contributed by atoms with Crippen LogP contribution in [0.15, 0.2) is 35.3 Å². The van der Waals surface area contributed by atoms with E-state index in [1.165, 1.54) is 24.1 Å². The van der Waals surface area contributed by atoms with Crippen molar-refractivity contribution in [2.45, 2.75) is 51.2 Å². The van der Waals surface area contributed by atoms with E-state index in [4.69, 9.17) is 4.98 Å². The lowest BCUT2D eigenvalue weighted by atomic mass is 10.1. The molecule has 0 aliphatic carbocycles. The van der Waals surface area contributed by atoms with Crippen molar-refractivity contribution in [2.24, 2.45) is 7.05 Å². The molecule has 140 valence electrons. The molecule has 5 rings (SSSR count). The normalized spacial score (nSPS) is 20.3. The molecule has 0 spiro atoms. The lowest BCUT2D eigenvalue weighted by Gasteiger charge is -2.26. The number of aromatic nitrogens is 4. The van der Waals surface area contributed by atoms with Gasteiger partial charge < -0.3 is 0 Å². The molecule has 0 radical (unpaired) electrons. The first kappa shape index (κ1) is 16.7. The maximum atomic E-state index is 12.8. The van der Waals surface area contributed by atoms with Gasteiger partial charge in [0.2, 0.25) is 0 Å². The summed E-state index contributed by atoms with van der Waals surface area (Å²) in [5.74, 6) is 0.886. The second-order valence-electron chi connectivity index (χ2n) is 7.78. The molecule has 4 heterocycles. The first-order chi connectivity index (χ1) is 13.2. The molecule has 1 saturated heterocycles. The summed E-state index contributed by atoms with van der Waals surface area (Å²) in [6.45, 7) is 2.97.